The number of nitrogens with zero attached hydrogens (tertiary/aromatic N) is 3. The van der Waals surface area contributed by atoms with Crippen LogP contribution in [0.1, 0.15) is 109 Å². The molecule has 0 saturated heterocycles. The Morgan fingerprint density at radius 3 is 2.38 bits per heavy atom. The number of amides is 3. The van der Waals surface area contributed by atoms with Crippen LogP contribution in [0.15, 0.2) is 23.3 Å². The topological polar surface area (TPSA) is 250 Å². The summed E-state index contributed by atoms with van der Waals surface area (Å²) in [6.45, 7) is 12.7. The molecule has 16 heteroatoms. The summed E-state index contributed by atoms with van der Waals surface area (Å²) in [5.74, 6) is -0.330. The Labute approximate surface area is 308 Å². The lowest BCUT2D eigenvalue weighted by atomic mass is 9.91. The van der Waals surface area contributed by atoms with Gasteiger partial charge in [-0.05, 0) is 95.0 Å². The Bertz CT molecular complexity index is 1320. The molecule has 0 aliphatic rings. The fourth-order valence-electron chi connectivity index (χ4n) is 4.82. The van der Waals surface area contributed by atoms with E-state index in [-0.39, 0.29) is 74.7 Å². The number of azide groups is 1. The van der Waals surface area contributed by atoms with Gasteiger partial charge in [0.15, 0.2) is 5.78 Å². The third kappa shape index (κ3) is 19.7. The van der Waals surface area contributed by atoms with Crippen molar-refractivity contribution in [3.05, 3.63) is 39.8 Å². The standard InChI is InChI=1S/C36H62N8O8/c1-25(2)11-12-29(30(46)23-39-16-18-45)43-34(50)35(3,4)24-52-36(5,6)13-15-41-33(49)27-20-26(32(37)48)21-28(22-27)51-19-17-40-31(47)10-8-7-9-14-42-44-38/h20-22,25,29,32,39,45,48H,7-19,23-24,37H2,1-6H3,(H,40,47)(H,41,49)(H,43,50). The summed E-state index contributed by atoms with van der Waals surface area (Å²) in [6.07, 6.45) is 2.87. The molecule has 2 unspecified atom stereocenters. The Hall–Kier alpha value is -3.79. The summed E-state index contributed by atoms with van der Waals surface area (Å²) in [6, 6.07) is 3.87. The number of nitrogens with two attached hydrogens (primary N) is 1. The fraction of sp³-hybridized carbons (Fsp3) is 0.722. The molecule has 0 aromatic heterocycles. The van der Waals surface area contributed by atoms with Crippen molar-refractivity contribution in [3.63, 3.8) is 0 Å². The summed E-state index contributed by atoms with van der Waals surface area (Å²) in [7, 11) is 0. The first-order chi connectivity index (χ1) is 24.5. The number of hydrogen-bond donors (Lipinski definition) is 7. The molecular weight excluding hydrogens is 672 g/mol. The lowest BCUT2D eigenvalue weighted by molar-refractivity contribution is -0.140. The quantitative estimate of drug-likeness (QED) is 0.0218. The molecule has 294 valence electrons. The Kier molecular flexibility index (Phi) is 21.7. The lowest BCUT2D eigenvalue weighted by Gasteiger charge is -2.32. The lowest BCUT2D eigenvalue weighted by Crippen LogP contribution is -2.50. The highest BCUT2D eigenvalue weighted by molar-refractivity contribution is 5.95. The van der Waals surface area contributed by atoms with Gasteiger partial charge in [0.1, 0.15) is 18.6 Å². The number of carbonyl (C=O) groups excluding carboxylic acids is 4. The largest absolute Gasteiger partial charge is 0.492 e. The van der Waals surface area contributed by atoms with E-state index in [1.807, 2.05) is 13.8 Å². The molecule has 0 aliphatic heterocycles. The molecule has 16 nitrogen and oxygen atoms in total. The maximum Gasteiger partial charge on any atom is 0.251 e. The van der Waals surface area contributed by atoms with Crippen LogP contribution in [0.4, 0.5) is 0 Å². The normalized spacial score (nSPS) is 12.8. The van der Waals surface area contributed by atoms with E-state index in [2.05, 4.69) is 45.1 Å². The van der Waals surface area contributed by atoms with Gasteiger partial charge in [-0.2, -0.15) is 0 Å². The molecule has 2 atom stereocenters. The monoisotopic (exact) mass is 734 g/mol. The van der Waals surface area contributed by atoms with Crippen LogP contribution in [-0.2, 0) is 19.1 Å². The number of Topliss-reactive ketones (excluding diaryl/α,β-unsaturated/α-hetero) is 1. The molecule has 0 saturated carbocycles. The second-order valence-corrected chi connectivity index (χ2v) is 14.5. The zero-order valence-corrected chi connectivity index (χ0v) is 31.8. The van der Waals surface area contributed by atoms with Crippen LogP contribution < -0.4 is 31.7 Å². The summed E-state index contributed by atoms with van der Waals surface area (Å²) >= 11 is 0. The number of rotatable bonds is 28. The third-order valence-electron chi connectivity index (χ3n) is 8.22. The van der Waals surface area contributed by atoms with Crippen LogP contribution in [0.3, 0.4) is 0 Å². The second-order valence-electron chi connectivity index (χ2n) is 14.5. The van der Waals surface area contributed by atoms with Crippen LogP contribution in [0.5, 0.6) is 5.75 Å². The first-order valence-electron chi connectivity index (χ1n) is 18.1. The van der Waals surface area contributed by atoms with E-state index < -0.39 is 29.2 Å². The van der Waals surface area contributed by atoms with Gasteiger partial charge in [0.05, 0.1) is 43.4 Å². The number of nitrogens with one attached hydrogen (secondary N) is 4. The smallest absolute Gasteiger partial charge is 0.251 e. The summed E-state index contributed by atoms with van der Waals surface area (Å²) in [5, 5.41) is 33.9. The van der Waals surface area contributed by atoms with Crippen molar-refractivity contribution in [1.82, 2.24) is 21.3 Å². The van der Waals surface area contributed by atoms with Gasteiger partial charge in [0, 0.05) is 36.5 Å². The molecule has 0 bridgehead atoms. The number of benzene rings is 1. The average molecular weight is 735 g/mol. The molecule has 8 N–H and O–H groups in total. The van der Waals surface area contributed by atoms with Crippen molar-refractivity contribution >= 4 is 23.5 Å². The molecule has 1 aromatic rings. The highest BCUT2D eigenvalue weighted by Gasteiger charge is 2.34. The number of aliphatic hydroxyl groups excluding tert-OH is 2. The fourth-order valence-corrected chi connectivity index (χ4v) is 4.82. The Balaban J connectivity index is 2.67. The molecule has 1 rings (SSSR count). The first-order valence-corrected chi connectivity index (χ1v) is 18.1. The summed E-state index contributed by atoms with van der Waals surface area (Å²) in [4.78, 5) is 54.0. The number of hydrogen-bond acceptors (Lipinski definition) is 11. The van der Waals surface area contributed by atoms with Crippen molar-refractivity contribution in [2.45, 2.75) is 104 Å². The van der Waals surface area contributed by atoms with Crippen LogP contribution in [0.25, 0.3) is 10.4 Å². The molecule has 3 amide bonds. The minimum Gasteiger partial charge on any atom is -0.492 e. The molecule has 0 aliphatic carbocycles. The van der Waals surface area contributed by atoms with Crippen molar-refractivity contribution in [1.29, 1.82) is 0 Å². The highest BCUT2D eigenvalue weighted by Crippen LogP contribution is 2.24. The van der Waals surface area contributed by atoms with Gasteiger partial charge in [0.2, 0.25) is 11.8 Å². The molecule has 0 spiro atoms. The minimum atomic E-state index is -1.34. The van der Waals surface area contributed by atoms with Gasteiger partial charge < -0.3 is 46.7 Å². The average Bonchev–Trinajstić information content (AvgIpc) is 3.08. The predicted octanol–water partition coefficient (Wildman–Crippen LogP) is 3.02. The first kappa shape index (κ1) is 46.2. The third-order valence-corrected chi connectivity index (χ3v) is 8.22. The van der Waals surface area contributed by atoms with Gasteiger partial charge in [-0.15, -0.1) is 0 Å². The van der Waals surface area contributed by atoms with Gasteiger partial charge in [0.25, 0.3) is 5.91 Å². The molecular formula is C36H62N8O8. The van der Waals surface area contributed by atoms with E-state index in [0.29, 0.717) is 43.9 Å². The maximum absolute atomic E-state index is 13.3. The van der Waals surface area contributed by atoms with Crippen LogP contribution in [0.2, 0.25) is 0 Å². The van der Waals surface area contributed by atoms with Gasteiger partial charge >= 0.3 is 0 Å². The van der Waals surface area contributed by atoms with E-state index in [1.54, 1.807) is 13.8 Å². The molecule has 1 aromatic carbocycles. The highest BCUT2D eigenvalue weighted by atomic mass is 16.5. The molecule has 52 heavy (non-hydrogen) atoms. The van der Waals surface area contributed by atoms with E-state index in [9.17, 15) is 24.3 Å². The maximum atomic E-state index is 13.3. The van der Waals surface area contributed by atoms with Crippen molar-refractivity contribution in [2.75, 3.05) is 52.5 Å². The van der Waals surface area contributed by atoms with E-state index in [1.165, 1.54) is 18.2 Å². The zero-order chi connectivity index (χ0) is 39.2. The minimum absolute atomic E-state index is 0.0506. The number of carbonyl (C=O) groups is 4. The number of ketones is 1. The number of unbranched alkanes of at least 4 members (excludes halogenated alkanes) is 2. The van der Waals surface area contributed by atoms with E-state index in [4.69, 9.17) is 25.8 Å². The zero-order valence-electron chi connectivity index (χ0n) is 31.8. The van der Waals surface area contributed by atoms with Crippen LogP contribution in [-0.4, -0.2) is 97.9 Å². The van der Waals surface area contributed by atoms with Crippen molar-refractivity contribution < 1.29 is 38.9 Å². The SMILES string of the molecule is CC(C)CCC(NC(=O)C(C)(C)COC(C)(C)CCNC(=O)c1cc(OCCNC(=O)CCCCCN=[N+]=[N-])cc(C(N)O)c1)C(=O)CNCCO. The predicted molar refractivity (Wildman–Crippen MR) is 198 cm³/mol. The van der Waals surface area contributed by atoms with Crippen LogP contribution >= 0.6 is 0 Å². The summed E-state index contributed by atoms with van der Waals surface area (Å²) < 4.78 is 11.9. The molecule has 0 heterocycles. The van der Waals surface area contributed by atoms with E-state index in [0.717, 1.165) is 19.3 Å². The van der Waals surface area contributed by atoms with Gasteiger partial charge in [-0.1, -0.05) is 25.4 Å². The van der Waals surface area contributed by atoms with Crippen molar-refractivity contribution in [3.8, 4) is 5.75 Å². The Morgan fingerprint density at radius 2 is 1.73 bits per heavy atom. The van der Waals surface area contributed by atoms with E-state index >= 15 is 0 Å². The number of ether oxygens (including phenoxy) is 2. The number of aliphatic hydroxyl groups is 2. The molecule has 0 fully saturated rings. The second kappa shape index (κ2) is 24.5. The van der Waals surface area contributed by atoms with Crippen molar-refractivity contribution in [2.24, 2.45) is 22.2 Å². The molecule has 0 radical (unpaired) electrons. The summed E-state index contributed by atoms with van der Waals surface area (Å²) in [5.41, 5.74) is 12.8. The van der Waals surface area contributed by atoms with Crippen LogP contribution in [0, 0.1) is 11.3 Å². The van der Waals surface area contributed by atoms with Gasteiger partial charge in [-0.25, -0.2) is 0 Å². The Morgan fingerprint density at radius 1 is 1.00 bits per heavy atom. The van der Waals surface area contributed by atoms with Gasteiger partial charge in [-0.3, -0.25) is 19.2 Å².